The Morgan fingerprint density at radius 3 is 2.83 bits per heavy atom. The Kier molecular flexibility index (Phi) is 6.05. The number of thioether (sulfide) groups is 1. The number of amides is 4. The molecule has 4 N–H and O–H groups in total. The number of fused-ring (bicyclic) bond motifs is 1. The molecule has 124 valence electrons. The Bertz CT molecular complexity index is 658. The maximum absolute atomic E-state index is 11.9. The van der Waals surface area contributed by atoms with Crippen LogP contribution in [0.1, 0.15) is 6.42 Å². The van der Waals surface area contributed by atoms with Gasteiger partial charge >= 0.3 is 12.1 Å². The summed E-state index contributed by atoms with van der Waals surface area (Å²) < 4.78 is 1.98. The van der Waals surface area contributed by atoms with Gasteiger partial charge in [-0.05, 0) is 18.6 Å². The molecule has 2 rings (SSSR count). The van der Waals surface area contributed by atoms with Crippen molar-refractivity contribution < 1.29 is 9.59 Å². The van der Waals surface area contributed by atoms with Crippen molar-refractivity contribution in [2.24, 2.45) is 5.73 Å². The molecule has 0 aliphatic heterocycles. The van der Waals surface area contributed by atoms with Crippen LogP contribution in [0.4, 0.5) is 9.59 Å². The zero-order chi connectivity index (χ0) is 16.8. The van der Waals surface area contributed by atoms with Gasteiger partial charge in [-0.25, -0.2) is 14.6 Å². The summed E-state index contributed by atoms with van der Waals surface area (Å²) in [5, 5.41) is 4.99. The number of hydrogen-bond acceptors (Lipinski definition) is 5. The molecule has 0 bridgehead atoms. The molecule has 0 saturated carbocycles. The van der Waals surface area contributed by atoms with Crippen molar-refractivity contribution in [1.29, 1.82) is 0 Å². The van der Waals surface area contributed by atoms with Gasteiger partial charge in [-0.1, -0.05) is 23.9 Å². The van der Waals surface area contributed by atoms with E-state index in [0.29, 0.717) is 13.0 Å². The first-order valence-corrected chi connectivity index (χ1v) is 8.71. The highest BCUT2D eigenvalue weighted by Gasteiger charge is 2.22. The van der Waals surface area contributed by atoms with Gasteiger partial charge in [0.05, 0.1) is 15.6 Å². The quantitative estimate of drug-likeness (QED) is 0.546. The molecule has 1 atom stereocenters. The molecule has 2 aromatic rings. The van der Waals surface area contributed by atoms with Crippen LogP contribution in [-0.4, -0.2) is 48.0 Å². The number of hydrogen-bond donors (Lipinski definition) is 3. The number of nitrogens with two attached hydrogens (primary N) is 1. The number of nitrogens with zero attached hydrogens (tertiary/aromatic N) is 2. The lowest BCUT2D eigenvalue weighted by Crippen LogP contribution is -2.42. The Morgan fingerprint density at radius 2 is 2.17 bits per heavy atom. The van der Waals surface area contributed by atoms with Crippen LogP contribution in [0, 0.1) is 0 Å². The monoisotopic (exact) mass is 353 g/mol. The van der Waals surface area contributed by atoms with Crippen molar-refractivity contribution >= 4 is 45.4 Å². The summed E-state index contributed by atoms with van der Waals surface area (Å²) >= 11 is 3.08. The lowest BCUT2D eigenvalue weighted by molar-refractivity contribution is 0.206. The summed E-state index contributed by atoms with van der Waals surface area (Å²) in [5.74, 6) is 0. The fraction of sp³-hybridized carbons (Fsp3) is 0.357. The van der Waals surface area contributed by atoms with Gasteiger partial charge in [0.15, 0.2) is 4.34 Å². The average Bonchev–Trinajstić information content (AvgIpc) is 2.94. The second-order valence-corrected chi connectivity index (χ2v) is 7.22. The van der Waals surface area contributed by atoms with Crippen molar-refractivity contribution in [2.45, 2.75) is 16.1 Å². The van der Waals surface area contributed by atoms with E-state index in [-0.39, 0.29) is 11.4 Å². The summed E-state index contributed by atoms with van der Waals surface area (Å²) in [5.41, 5.74) is 6.03. The second-order valence-electron chi connectivity index (χ2n) is 4.77. The van der Waals surface area contributed by atoms with Gasteiger partial charge in [-0.15, -0.1) is 11.3 Å². The number of carbonyl (C=O) groups excluding carboxylic acids is 2. The maximum atomic E-state index is 11.9. The third-order valence-electron chi connectivity index (χ3n) is 3.17. The van der Waals surface area contributed by atoms with E-state index in [9.17, 15) is 9.59 Å². The molecule has 1 aromatic carbocycles. The van der Waals surface area contributed by atoms with Crippen molar-refractivity contribution in [3.63, 3.8) is 0 Å². The minimum absolute atomic E-state index is 0.164. The normalized spacial score (nSPS) is 11.9. The van der Waals surface area contributed by atoms with E-state index in [1.165, 1.54) is 11.8 Å². The van der Waals surface area contributed by atoms with Crippen LogP contribution in [0.25, 0.3) is 10.2 Å². The van der Waals surface area contributed by atoms with Gasteiger partial charge in [0.25, 0.3) is 0 Å². The predicted octanol–water partition coefficient (Wildman–Crippen LogP) is 2.04. The Hall–Kier alpha value is -2.00. The van der Waals surface area contributed by atoms with Crippen LogP contribution >= 0.6 is 23.1 Å². The van der Waals surface area contributed by atoms with Crippen LogP contribution in [0.5, 0.6) is 0 Å². The first kappa shape index (κ1) is 17.4. The van der Waals surface area contributed by atoms with E-state index in [1.54, 1.807) is 30.3 Å². The summed E-state index contributed by atoms with van der Waals surface area (Å²) in [6, 6.07) is 7.13. The molecule has 7 nitrogen and oxygen atoms in total. The average molecular weight is 353 g/mol. The maximum Gasteiger partial charge on any atom is 0.317 e. The number of carbonyl (C=O) groups is 2. The summed E-state index contributed by atoms with van der Waals surface area (Å²) in [7, 11) is 3.30. The molecule has 0 radical (unpaired) electrons. The second kappa shape index (κ2) is 8.02. The topological polar surface area (TPSA) is 100 Å². The number of benzene rings is 1. The van der Waals surface area contributed by atoms with Gasteiger partial charge in [-0.2, -0.15) is 0 Å². The van der Waals surface area contributed by atoms with Crippen LogP contribution in [0.15, 0.2) is 28.6 Å². The van der Waals surface area contributed by atoms with E-state index >= 15 is 0 Å². The van der Waals surface area contributed by atoms with Crippen molar-refractivity contribution in [3.8, 4) is 0 Å². The minimum Gasteiger partial charge on any atom is -0.352 e. The van der Waals surface area contributed by atoms with Crippen LogP contribution in [0.2, 0.25) is 0 Å². The standard InChI is InChI=1S/C14H19N5O2S2/c1-16-13(21)19(2)11(7-8-17-12(15)20)23-14-18-9-5-3-4-6-10(9)22-14/h3-6,11H,7-8H2,1-2H3,(H,16,21)(H3,15,17,20). The Balaban J connectivity index is 2.11. The number of thiazole rings is 1. The molecule has 4 amide bonds. The molecule has 1 heterocycles. The van der Waals surface area contributed by atoms with Gasteiger partial charge in [-0.3, -0.25) is 0 Å². The fourth-order valence-electron chi connectivity index (χ4n) is 1.98. The molecule has 0 aliphatic carbocycles. The molecular formula is C14H19N5O2S2. The van der Waals surface area contributed by atoms with Crippen molar-refractivity contribution in [1.82, 2.24) is 20.5 Å². The summed E-state index contributed by atoms with van der Waals surface area (Å²) in [4.78, 5) is 28.9. The fourth-order valence-corrected chi connectivity index (χ4v) is 4.34. The highest BCUT2D eigenvalue weighted by atomic mass is 32.2. The Labute approximate surface area is 142 Å². The van der Waals surface area contributed by atoms with E-state index < -0.39 is 6.03 Å². The molecule has 0 spiro atoms. The lowest BCUT2D eigenvalue weighted by atomic mass is 10.3. The zero-order valence-corrected chi connectivity index (χ0v) is 14.5. The summed E-state index contributed by atoms with van der Waals surface area (Å²) in [6.07, 6.45) is 0.563. The number of primary amides is 1. The Morgan fingerprint density at radius 1 is 1.43 bits per heavy atom. The zero-order valence-electron chi connectivity index (χ0n) is 12.9. The first-order chi connectivity index (χ1) is 11.0. The third kappa shape index (κ3) is 4.73. The van der Waals surface area contributed by atoms with Crippen LogP contribution in [0.3, 0.4) is 0 Å². The van der Waals surface area contributed by atoms with Crippen LogP contribution in [-0.2, 0) is 0 Å². The minimum atomic E-state index is -0.573. The smallest absolute Gasteiger partial charge is 0.317 e. The van der Waals surface area contributed by atoms with Gasteiger partial charge < -0.3 is 21.3 Å². The first-order valence-electron chi connectivity index (χ1n) is 7.01. The molecular weight excluding hydrogens is 334 g/mol. The van der Waals surface area contributed by atoms with Crippen LogP contribution < -0.4 is 16.4 Å². The molecule has 1 aromatic heterocycles. The highest BCUT2D eigenvalue weighted by molar-refractivity contribution is 8.01. The van der Waals surface area contributed by atoms with Gasteiger partial charge in [0.2, 0.25) is 0 Å². The van der Waals surface area contributed by atoms with E-state index in [0.717, 1.165) is 14.6 Å². The van der Waals surface area contributed by atoms with Crippen molar-refractivity contribution in [2.75, 3.05) is 20.6 Å². The number of aromatic nitrogens is 1. The predicted molar refractivity (Wildman–Crippen MR) is 93.7 cm³/mol. The SMILES string of the molecule is CNC(=O)N(C)C(CCNC(N)=O)Sc1nc2ccccc2s1. The third-order valence-corrected chi connectivity index (χ3v) is 5.65. The molecule has 23 heavy (non-hydrogen) atoms. The number of rotatable bonds is 6. The van der Waals surface area contributed by atoms with E-state index in [2.05, 4.69) is 15.6 Å². The number of para-hydroxylation sites is 1. The van der Waals surface area contributed by atoms with Crippen molar-refractivity contribution in [3.05, 3.63) is 24.3 Å². The summed E-state index contributed by atoms with van der Waals surface area (Å²) in [6.45, 7) is 0.388. The van der Waals surface area contributed by atoms with E-state index in [4.69, 9.17) is 5.73 Å². The highest BCUT2D eigenvalue weighted by Crippen LogP contribution is 2.33. The number of urea groups is 2. The lowest BCUT2D eigenvalue weighted by Gasteiger charge is -2.26. The molecule has 0 fully saturated rings. The molecule has 1 unspecified atom stereocenters. The van der Waals surface area contributed by atoms with Gasteiger partial charge in [0, 0.05) is 20.6 Å². The molecule has 9 heteroatoms. The largest absolute Gasteiger partial charge is 0.352 e. The number of nitrogens with one attached hydrogen (secondary N) is 2. The van der Waals surface area contributed by atoms with Gasteiger partial charge in [0.1, 0.15) is 0 Å². The molecule has 0 aliphatic rings. The van der Waals surface area contributed by atoms with E-state index in [1.807, 2.05) is 24.3 Å². The molecule has 0 saturated heterocycles.